The predicted molar refractivity (Wildman–Crippen MR) is 58.4 cm³/mol. The van der Waals surface area contributed by atoms with Crippen LogP contribution in [0.4, 0.5) is 0 Å². The molecule has 0 heterocycles. The fourth-order valence-corrected chi connectivity index (χ4v) is 1.67. The van der Waals surface area contributed by atoms with E-state index in [1.54, 1.807) is 0 Å². The van der Waals surface area contributed by atoms with E-state index < -0.39 is 0 Å². The monoisotopic (exact) mass is 220 g/mol. The summed E-state index contributed by atoms with van der Waals surface area (Å²) in [5, 5.41) is 33.4. The number of rotatable bonds is 4. The van der Waals surface area contributed by atoms with E-state index in [1.807, 2.05) is 0 Å². The largest absolute Gasteiger partial charge is 0.396 e. The van der Waals surface area contributed by atoms with Crippen molar-refractivity contribution in [2.24, 2.45) is 11.8 Å². The SMILES string of the molecule is OCC1CCC(CO)CC1.OCCCO. The molecule has 92 valence electrons. The normalized spacial score (nSPS) is 25.6. The van der Waals surface area contributed by atoms with Gasteiger partial charge in [0.1, 0.15) is 0 Å². The molecular formula is C11H24O4. The zero-order valence-electron chi connectivity index (χ0n) is 9.31. The highest BCUT2D eigenvalue weighted by Gasteiger charge is 2.19. The Bertz CT molecular complexity index is 108. The number of aliphatic hydroxyl groups is 4. The minimum atomic E-state index is 0.0938. The van der Waals surface area contributed by atoms with E-state index in [4.69, 9.17) is 20.4 Å². The Morgan fingerprint density at radius 1 is 0.667 bits per heavy atom. The third-order valence-electron chi connectivity index (χ3n) is 2.80. The van der Waals surface area contributed by atoms with Crippen molar-refractivity contribution in [3.63, 3.8) is 0 Å². The molecule has 0 bridgehead atoms. The highest BCUT2D eigenvalue weighted by molar-refractivity contribution is 4.70. The van der Waals surface area contributed by atoms with Gasteiger partial charge in [-0.2, -0.15) is 0 Å². The fourth-order valence-electron chi connectivity index (χ4n) is 1.67. The van der Waals surface area contributed by atoms with Gasteiger partial charge in [-0.15, -0.1) is 0 Å². The lowest BCUT2D eigenvalue weighted by molar-refractivity contribution is 0.131. The smallest absolute Gasteiger partial charge is 0.0459 e. The topological polar surface area (TPSA) is 80.9 Å². The van der Waals surface area contributed by atoms with Crippen LogP contribution in [0, 0.1) is 11.8 Å². The second-order valence-corrected chi connectivity index (χ2v) is 4.05. The van der Waals surface area contributed by atoms with Crippen LogP contribution in [0.1, 0.15) is 32.1 Å². The van der Waals surface area contributed by atoms with Crippen molar-refractivity contribution in [3.8, 4) is 0 Å². The molecule has 15 heavy (non-hydrogen) atoms. The Labute approximate surface area is 91.6 Å². The Hall–Kier alpha value is -0.160. The van der Waals surface area contributed by atoms with Crippen LogP contribution in [0.2, 0.25) is 0 Å². The maximum atomic E-state index is 8.79. The van der Waals surface area contributed by atoms with Gasteiger partial charge in [0.05, 0.1) is 0 Å². The first kappa shape index (κ1) is 14.8. The molecule has 1 aliphatic rings. The third kappa shape index (κ3) is 7.73. The molecule has 1 rings (SSSR count). The van der Waals surface area contributed by atoms with Crippen LogP contribution >= 0.6 is 0 Å². The van der Waals surface area contributed by atoms with Gasteiger partial charge in [0.15, 0.2) is 0 Å². The quantitative estimate of drug-likeness (QED) is 0.543. The molecule has 0 spiro atoms. The Kier molecular flexibility index (Phi) is 10.3. The maximum Gasteiger partial charge on any atom is 0.0459 e. The summed E-state index contributed by atoms with van der Waals surface area (Å²) in [7, 11) is 0. The van der Waals surface area contributed by atoms with Crippen LogP contribution in [-0.4, -0.2) is 46.9 Å². The Morgan fingerprint density at radius 3 is 1.13 bits per heavy atom. The molecule has 0 aromatic heterocycles. The second kappa shape index (κ2) is 10.4. The lowest BCUT2D eigenvalue weighted by Crippen LogP contribution is -2.19. The summed E-state index contributed by atoms with van der Waals surface area (Å²) in [6, 6.07) is 0. The summed E-state index contributed by atoms with van der Waals surface area (Å²) in [6.45, 7) is 0.850. The number of hydrogen-bond donors (Lipinski definition) is 4. The minimum Gasteiger partial charge on any atom is -0.396 e. The van der Waals surface area contributed by atoms with Gasteiger partial charge in [-0.1, -0.05) is 0 Å². The number of aliphatic hydroxyl groups excluding tert-OH is 4. The molecule has 4 nitrogen and oxygen atoms in total. The van der Waals surface area contributed by atoms with Crippen molar-refractivity contribution in [2.45, 2.75) is 32.1 Å². The van der Waals surface area contributed by atoms with Gasteiger partial charge in [0.2, 0.25) is 0 Å². The lowest BCUT2D eigenvalue weighted by Gasteiger charge is -2.25. The summed E-state index contributed by atoms with van der Waals surface area (Å²) < 4.78 is 0. The van der Waals surface area contributed by atoms with Crippen LogP contribution in [-0.2, 0) is 0 Å². The van der Waals surface area contributed by atoms with E-state index >= 15 is 0 Å². The average molecular weight is 220 g/mol. The van der Waals surface area contributed by atoms with E-state index in [2.05, 4.69) is 0 Å². The van der Waals surface area contributed by atoms with Crippen LogP contribution < -0.4 is 0 Å². The van der Waals surface area contributed by atoms with Crippen LogP contribution in [0.15, 0.2) is 0 Å². The minimum absolute atomic E-state index is 0.0938. The standard InChI is InChI=1S/C8H16O2.C3H8O2/c9-5-7-1-2-8(6-10)4-3-7;4-2-1-3-5/h7-10H,1-6H2;4-5H,1-3H2. The van der Waals surface area contributed by atoms with Gasteiger partial charge < -0.3 is 20.4 Å². The van der Waals surface area contributed by atoms with Gasteiger partial charge >= 0.3 is 0 Å². The molecule has 1 aliphatic carbocycles. The molecular weight excluding hydrogens is 196 g/mol. The Balaban J connectivity index is 0.000000336. The molecule has 0 unspecified atom stereocenters. The van der Waals surface area contributed by atoms with Gasteiger partial charge in [-0.3, -0.25) is 0 Å². The predicted octanol–water partition coefficient (Wildman–Crippen LogP) is 0.138. The molecule has 4 N–H and O–H groups in total. The molecule has 0 radical (unpaired) electrons. The fraction of sp³-hybridized carbons (Fsp3) is 1.00. The zero-order valence-corrected chi connectivity index (χ0v) is 9.31. The van der Waals surface area contributed by atoms with Crippen molar-refractivity contribution in [1.29, 1.82) is 0 Å². The molecule has 0 amide bonds. The molecule has 0 aromatic rings. The van der Waals surface area contributed by atoms with E-state index in [9.17, 15) is 0 Å². The Morgan fingerprint density at radius 2 is 1.00 bits per heavy atom. The zero-order chi connectivity index (χ0) is 11.5. The summed E-state index contributed by atoms with van der Waals surface area (Å²) in [6.07, 6.45) is 4.90. The summed E-state index contributed by atoms with van der Waals surface area (Å²) >= 11 is 0. The van der Waals surface area contributed by atoms with E-state index in [-0.39, 0.29) is 13.2 Å². The first-order chi connectivity index (χ1) is 7.28. The molecule has 0 aliphatic heterocycles. The number of hydrogen-bond acceptors (Lipinski definition) is 4. The lowest BCUT2D eigenvalue weighted by atomic mass is 9.83. The molecule has 0 atom stereocenters. The van der Waals surface area contributed by atoms with Gasteiger partial charge in [0, 0.05) is 26.4 Å². The van der Waals surface area contributed by atoms with Crippen LogP contribution in [0.3, 0.4) is 0 Å². The van der Waals surface area contributed by atoms with Crippen LogP contribution in [0.5, 0.6) is 0 Å². The summed E-state index contributed by atoms with van der Waals surface area (Å²) in [4.78, 5) is 0. The highest BCUT2D eigenvalue weighted by Crippen LogP contribution is 2.27. The molecule has 0 aromatic carbocycles. The first-order valence-corrected chi connectivity index (χ1v) is 5.71. The van der Waals surface area contributed by atoms with Gasteiger partial charge in [-0.25, -0.2) is 0 Å². The van der Waals surface area contributed by atoms with Crippen molar-refractivity contribution in [2.75, 3.05) is 26.4 Å². The average Bonchev–Trinajstić information content (AvgIpc) is 2.31. The maximum absolute atomic E-state index is 8.79. The van der Waals surface area contributed by atoms with Gasteiger partial charge in [0.25, 0.3) is 0 Å². The third-order valence-corrected chi connectivity index (χ3v) is 2.80. The van der Waals surface area contributed by atoms with E-state index in [0.717, 1.165) is 25.7 Å². The van der Waals surface area contributed by atoms with E-state index in [1.165, 1.54) is 0 Å². The second-order valence-electron chi connectivity index (χ2n) is 4.05. The van der Waals surface area contributed by atoms with Crippen molar-refractivity contribution < 1.29 is 20.4 Å². The van der Waals surface area contributed by atoms with Crippen molar-refractivity contribution >= 4 is 0 Å². The van der Waals surface area contributed by atoms with Crippen molar-refractivity contribution in [3.05, 3.63) is 0 Å². The molecule has 1 fully saturated rings. The molecule has 1 saturated carbocycles. The summed E-state index contributed by atoms with van der Waals surface area (Å²) in [5.41, 5.74) is 0. The highest BCUT2D eigenvalue weighted by atomic mass is 16.3. The van der Waals surface area contributed by atoms with Crippen LogP contribution in [0.25, 0.3) is 0 Å². The van der Waals surface area contributed by atoms with E-state index in [0.29, 0.717) is 31.5 Å². The molecule has 4 heteroatoms. The summed E-state index contributed by atoms with van der Waals surface area (Å²) in [5.74, 6) is 1.03. The first-order valence-electron chi connectivity index (χ1n) is 5.71. The van der Waals surface area contributed by atoms with Gasteiger partial charge in [-0.05, 0) is 43.9 Å². The molecule has 0 saturated heterocycles. The van der Waals surface area contributed by atoms with Crippen molar-refractivity contribution in [1.82, 2.24) is 0 Å².